The summed E-state index contributed by atoms with van der Waals surface area (Å²) in [7, 11) is -3.57. The van der Waals surface area contributed by atoms with Gasteiger partial charge in [-0.3, -0.25) is 4.79 Å². The fourth-order valence-electron chi connectivity index (χ4n) is 2.65. The fraction of sp³-hybridized carbons (Fsp3) is 0.381. The van der Waals surface area contributed by atoms with Crippen LogP contribution in [0, 0.1) is 5.92 Å². The van der Waals surface area contributed by atoms with E-state index < -0.39 is 15.5 Å². The Balaban J connectivity index is 2.15. The Morgan fingerprint density at radius 2 is 1.68 bits per heavy atom. The number of hydrogen-bond donors (Lipinski definition) is 0. The normalized spacial score (nSPS) is 12.6. The molecule has 28 heavy (non-hydrogen) atoms. The van der Waals surface area contributed by atoms with Gasteiger partial charge in [0.1, 0.15) is 11.1 Å². The van der Waals surface area contributed by atoms with E-state index in [0.29, 0.717) is 19.0 Å². The number of rotatable bonds is 9. The summed E-state index contributed by atoms with van der Waals surface area (Å²) in [5, 5.41) is -0.749. The molecule has 0 spiro atoms. The van der Waals surface area contributed by atoms with Gasteiger partial charge in [-0.2, -0.15) is 8.42 Å². The minimum atomic E-state index is -3.57. The van der Waals surface area contributed by atoms with Gasteiger partial charge in [-0.25, -0.2) is 0 Å². The molecule has 0 heterocycles. The first-order valence-corrected chi connectivity index (χ1v) is 11.4. The zero-order chi connectivity index (χ0) is 20.7. The maximum atomic E-state index is 13.0. The summed E-state index contributed by atoms with van der Waals surface area (Å²) in [6.45, 7) is 5.19. The van der Waals surface area contributed by atoms with Gasteiger partial charge in [-0.15, -0.1) is 11.6 Å². The summed E-state index contributed by atoms with van der Waals surface area (Å²) < 4.78 is 27.3. The van der Waals surface area contributed by atoms with Crippen LogP contribution in [0.25, 0.3) is 0 Å². The lowest BCUT2D eigenvalue weighted by Gasteiger charge is -2.26. The van der Waals surface area contributed by atoms with Crippen LogP contribution < -0.4 is 4.18 Å². The molecule has 7 heteroatoms. The number of carbonyl (C=O) groups excluding carboxylic acids is 1. The highest BCUT2D eigenvalue weighted by Gasteiger charge is 2.24. The van der Waals surface area contributed by atoms with Gasteiger partial charge in [0.15, 0.2) is 0 Å². The van der Waals surface area contributed by atoms with E-state index >= 15 is 0 Å². The first kappa shape index (κ1) is 22.2. The van der Waals surface area contributed by atoms with E-state index in [4.69, 9.17) is 15.8 Å². The van der Waals surface area contributed by atoms with E-state index in [1.165, 1.54) is 0 Å². The average molecular weight is 424 g/mol. The highest BCUT2D eigenvalue weighted by molar-refractivity contribution is 7.86. The highest BCUT2D eigenvalue weighted by atomic mass is 35.5. The predicted molar refractivity (Wildman–Crippen MR) is 112 cm³/mol. The molecule has 2 rings (SSSR count). The van der Waals surface area contributed by atoms with Crippen LogP contribution in [0.1, 0.15) is 36.8 Å². The van der Waals surface area contributed by atoms with Gasteiger partial charge in [0.25, 0.3) is 0 Å². The van der Waals surface area contributed by atoms with Crippen molar-refractivity contribution in [3.05, 3.63) is 65.7 Å². The average Bonchev–Trinajstić information content (AvgIpc) is 2.64. The molecule has 152 valence electrons. The van der Waals surface area contributed by atoms with Crippen molar-refractivity contribution in [2.45, 2.75) is 32.2 Å². The van der Waals surface area contributed by atoms with Gasteiger partial charge >= 0.3 is 10.1 Å². The maximum absolute atomic E-state index is 13.0. The van der Waals surface area contributed by atoms with Gasteiger partial charge in [0, 0.05) is 13.1 Å². The summed E-state index contributed by atoms with van der Waals surface area (Å²) in [5.41, 5.74) is 1.63. The van der Waals surface area contributed by atoms with Crippen molar-refractivity contribution in [1.29, 1.82) is 0 Å². The number of amides is 1. The molecule has 2 aromatic rings. The van der Waals surface area contributed by atoms with Crippen molar-refractivity contribution in [2.24, 2.45) is 5.92 Å². The van der Waals surface area contributed by atoms with Crippen LogP contribution in [0.15, 0.2) is 54.6 Å². The largest absolute Gasteiger partial charge is 0.383 e. The first-order chi connectivity index (χ1) is 13.2. The third-order valence-electron chi connectivity index (χ3n) is 4.14. The molecule has 1 unspecified atom stereocenters. The second kappa shape index (κ2) is 9.94. The van der Waals surface area contributed by atoms with Gasteiger partial charge < -0.3 is 9.08 Å². The smallest absolute Gasteiger partial charge is 0.306 e. The Kier molecular flexibility index (Phi) is 7.89. The summed E-state index contributed by atoms with van der Waals surface area (Å²) in [6, 6.07) is 15.9. The molecule has 0 aliphatic rings. The van der Waals surface area contributed by atoms with Crippen LogP contribution in [-0.2, 0) is 21.5 Å². The summed E-state index contributed by atoms with van der Waals surface area (Å²) in [4.78, 5) is 14.8. The number of hydrogen-bond acceptors (Lipinski definition) is 4. The van der Waals surface area contributed by atoms with Crippen LogP contribution in [0.5, 0.6) is 5.75 Å². The van der Waals surface area contributed by atoms with E-state index in [-0.39, 0.29) is 11.7 Å². The lowest BCUT2D eigenvalue weighted by Crippen LogP contribution is -2.34. The van der Waals surface area contributed by atoms with E-state index in [9.17, 15) is 13.2 Å². The monoisotopic (exact) mass is 423 g/mol. The van der Waals surface area contributed by atoms with E-state index in [1.807, 2.05) is 30.3 Å². The molecule has 0 aliphatic carbocycles. The van der Waals surface area contributed by atoms with Crippen LogP contribution in [0.4, 0.5) is 0 Å². The molecule has 0 radical (unpaired) electrons. The van der Waals surface area contributed by atoms with Crippen molar-refractivity contribution < 1.29 is 17.4 Å². The topological polar surface area (TPSA) is 63.7 Å². The molecule has 0 aliphatic heterocycles. The Hall–Kier alpha value is -2.05. The van der Waals surface area contributed by atoms with Gasteiger partial charge in [-0.1, -0.05) is 56.3 Å². The van der Waals surface area contributed by atoms with Crippen molar-refractivity contribution >= 4 is 27.6 Å². The maximum Gasteiger partial charge on any atom is 0.306 e. The number of benzene rings is 2. The summed E-state index contributed by atoms with van der Waals surface area (Å²) >= 11 is 6.45. The zero-order valence-electron chi connectivity index (χ0n) is 16.3. The van der Waals surface area contributed by atoms with Crippen LogP contribution >= 0.6 is 11.6 Å². The number of carbonyl (C=O) groups is 1. The molecule has 2 aromatic carbocycles. The second-order valence-electron chi connectivity index (χ2n) is 7.15. The molecule has 5 nitrogen and oxygen atoms in total. The first-order valence-electron chi connectivity index (χ1n) is 9.12. The van der Waals surface area contributed by atoms with Crippen molar-refractivity contribution in [2.75, 3.05) is 12.8 Å². The van der Waals surface area contributed by atoms with Crippen LogP contribution in [0.2, 0.25) is 0 Å². The minimum absolute atomic E-state index is 0.148. The van der Waals surface area contributed by atoms with Gasteiger partial charge in [0.05, 0.1) is 6.26 Å². The number of nitrogens with zero attached hydrogens (tertiary/aromatic N) is 1. The molecular formula is C21H26ClNO4S. The Bertz CT molecular complexity index is 867. The van der Waals surface area contributed by atoms with Crippen LogP contribution in [0.3, 0.4) is 0 Å². The number of halogens is 1. The molecule has 0 saturated carbocycles. The molecule has 0 N–H and O–H groups in total. The molecular weight excluding hydrogens is 398 g/mol. The Labute approximate surface area is 172 Å². The summed E-state index contributed by atoms with van der Waals surface area (Å²) in [6.07, 6.45) is 1.86. The predicted octanol–water partition coefficient (Wildman–Crippen LogP) is 4.38. The van der Waals surface area contributed by atoms with E-state index in [0.717, 1.165) is 23.8 Å². The Morgan fingerprint density at radius 1 is 1.07 bits per heavy atom. The third-order valence-corrected chi connectivity index (χ3v) is 5.08. The quantitative estimate of drug-likeness (QED) is 0.443. The second-order valence-corrected chi connectivity index (χ2v) is 9.16. The number of alkyl halides is 1. The SMILES string of the molecule is CC(C)CCN(Cc1ccc(OS(C)(=O)=O)cc1)C(=O)C(Cl)c1ccccc1. The van der Waals surface area contributed by atoms with Crippen molar-refractivity contribution in [1.82, 2.24) is 4.90 Å². The molecule has 0 aromatic heterocycles. The molecule has 0 saturated heterocycles. The van der Waals surface area contributed by atoms with Gasteiger partial charge in [-0.05, 0) is 35.6 Å². The van der Waals surface area contributed by atoms with E-state index in [1.54, 1.807) is 29.2 Å². The van der Waals surface area contributed by atoms with E-state index in [2.05, 4.69) is 13.8 Å². The minimum Gasteiger partial charge on any atom is -0.383 e. The lowest BCUT2D eigenvalue weighted by atomic mass is 10.1. The molecule has 0 bridgehead atoms. The molecule has 1 atom stereocenters. The van der Waals surface area contributed by atoms with Crippen molar-refractivity contribution in [3.8, 4) is 5.75 Å². The summed E-state index contributed by atoms with van der Waals surface area (Å²) in [5.74, 6) is 0.544. The lowest BCUT2D eigenvalue weighted by molar-refractivity contribution is -0.131. The third kappa shape index (κ3) is 7.17. The highest BCUT2D eigenvalue weighted by Crippen LogP contribution is 2.25. The Morgan fingerprint density at radius 3 is 2.21 bits per heavy atom. The van der Waals surface area contributed by atoms with Gasteiger partial charge in [0.2, 0.25) is 5.91 Å². The fourth-order valence-corrected chi connectivity index (χ4v) is 3.40. The molecule has 0 fully saturated rings. The van der Waals surface area contributed by atoms with Crippen LogP contribution in [-0.4, -0.2) is 32.0 Å². The van der Waals surface area contributed by atoms with Crippen molar-refractivity contribution in [3.63, 3.8) is 0 Å². The molecule has 1 amide bonds. The zero-order valence-corrected chi connectivity index (χ0v) is 17.9. The standard InChI is InChI=1S/C21H26ClNO4S/c1-16(2)13-14-23(21(24)20(22)18-7-5-4-6-8-18)15-17-9-11-19(12-10-17)27-28(3,25)26/h4-12,16,20H,13-15H2,1-3H3.